The first-order valence-electron chi connectivity index (χ1n) is 6.05. The lowest BCUT2D eigenvalue weighted by atomic mass is 10.0. The highest BCUT2D eigenvalue weighted by atomic mass is 16.5. The van der Waals surface area contributed by atoms with E-state index in [0.29, 0.717) is 36.3 Å². The minimum absolute atomic E-state index is 0.0393. The van der Waals surface area contributed by atoms with Crippen molar-refractivity contribution in [1.82, 2.24) is 0 Å². The van der Waals surface area contributed by atoms with Crippen molar-refractivity contribution in [2.45, 2.75) is 25.7 Å². The number of ether oxygens (including phenoxy) is 2. The van der Waals surface area contributed by atoms with Crippen LogP contribution in [0.25, 0.3) is 0 Å². The summed E-state index contributed by atoms with van der Waals surface area (Å²) < 4.78 is 10.2. The second kappa shape index (κ2) is 7.41. The van der Waals surface area contributed by atoms with Crippen LogP contribution in [0.5, 0.6) is 11.5 Å². The molecule has 0 aromatic heterocycles. The molecule has 1 rings (SSSR count). The van der Waals surface area contributed by atoms with Gasteiger partial charge < -0.3 is 14.6 Å². The Bertz CT molecular complexity index is 431. The Kier molecular flexibility index (Phi) is 5.85. The minimum Gasteiger partial charge on any atom is -0.497 e. The smallest absolute Gasteiger partial charge is 0.303 e. The first kappa shape index (κ1) is 15.0. The molecule has 0 aliphatic rings. The van der Waals surface area contributed by atoms with Crippen molar-refractivity contribution in [3.05, 3.63) is 23.8 Å². The zero-order valence-electron chi connectivity index (χ0n) is 11.1. The highest BCUT2D eigenvalue weighted by Gasteiger charge is 2.10. The Morgan fingerprint density at radius 2 is 1.53 bits per heavy atom. The van der Waals surface area contributed by atoms with Crippen LogP contribution in [0.15, 0.2) is 18.2 Å². The van der Waals surface area contributed by atoms with Crippen molar-refractivity contribution in [3.8, 4) is 11.5 Å². The van der Waals surface area contributed by atoms with Crippen molar-refractivity contribution >= 4 is 11.8 Å². The summed E-state index contributed by atoms with van der Waals surface area (Å²) in [5.41, 5.74) is 0.520. The summed E-state index contributed by atoms with van der Waals surface area (Å²) in [5.74, 6) is 0.250. The molecule has 1 aromatic rings. The van der Waals surface area contributed by atoms with Crippen molar-refractivity contribution in [3.63, 3.8) is 0 Å². The Morgan fingerprint density at radius 3 is 2.00 bits per heavy atom. The van der Waals surface area contributed by atoms with E-state index in [1.165, 1.54) is 14.2 Å². The number of ketones is 1. The first-order valence-corrected chi connectivity index (χ1v) is 6.05. The number of carbonyl (C=O) groups excluding carboxylic acids is 1. The molecule has 0 aliphatic carbocycles. The fraction of sp³-hybridized carbons (Fsp3) is 0.429. The molecule has 0 bridgehead atoms. The molecule has 5 nitrogen and oxygen atoms in total. The van der Waals surface area contributed by atoms with Gasteiger partial charge in [0.2, 0.25) is 0 Å². The van der Waals surface area contributed by atoms with Gasteiger partial charge in [0.15, 0.2) is 5.78 Å². The highest BCUT2D eigenvalue weighted by Crippen LogP contribution is 2.23. The molecular formula is C14H18O5. The van der Waals surface area contributed by atoms with E-state index >= 15 is 0 Å². The summed E-state index contributed by atoms with van der Waals surface area (Å²) in [7, 11) is 3.05. The molecule has 1 aromatic carbocycles. The van der Waals surface area contributed by atoms with Gasteiger partial charge in [-0.05, 0) is 25.0 Å². The SMILES string of the molecule is COc1cc(OC)cc(C(=O)CCCCC(=O)O)c1. The number of hydrogen-bond acceptors (Lipinski definition) is 4. The van der Waals surface area contributed by atoms with Gasteiger partial charge in [-0.25, -0.2) is 0 Å². The van der Waals surface area contributed by atoms with Crippen LogP contribution in [-0.4, -0.2) is 31.1 Å². The van der Waals surface area contributed by atoms with Gasteiger partial charge in [-0.15, -0.1) is 0 Å². The van der Waals surface area contributed by atoms with Crippen LogP contribution in [0.4, 0.5) is 0 Å². The molecule has 1 N–H and O–H groups in total. The largest absolute Gasteiger partial charge is 0.497 e. The van der Waals surface area contributed by atoms with Gasteiger partial charge in [0, 0.05) is 24.5 Å². The average molecular weight is 266 g/mol. The van der Waals surface area contributed by atoms with Crippen LogP contribution in [0.3, 0.4) is 0 Å². The minimum atomic E-state index is -0.838. The first-order chi connectivity index (χ1) is 9.06. The van der Waals surface area contributed by atoms with Crippen LogP contribution in [0.2, 0.25) is 0 Å². The Balaban J connectivity index is 2.63. The predicted molar refractivity (Wildman–Crippen MR) is 70.0 cm³/mol. The van der Waals surface area contributed by atoms with Gasteiger partial charge >= 0.3 is 5.97 Å². The van der Waals surface area contributed by atoms with Crippen molar-refractivity contribution < 1.29 is 24.2 Å². The quantitative estimate of drug-likeness (QED) is 0.578. The Labute approximate surface area is 112 Å². The molecular weight excluding hydrogens is 248 g/mol. The maximum Gasteiger partial charge on any atom is 0.303 e. The van der Waals surface area contributed by atoms with Gasteiger partial charge in [0.1, 0.15) is 11.5 Å². The van der Waals surface area contributed by atoms with E-state index in [0.717, 1.165) is 0 Å². The molecule has 0 unspecified atom stereocenters. The number of aliphatic carboxylic acids is 1. The molecule has 0 saturated carbocycles. The molecule has 0 fully saturated rings. The summed E-state index contributed by atoms with van der Waals surface area (Å²) in [6.45, 7) is 0. The summed E-state index contributed by atoms with van der Waals surface area (Å²) in [6.07, 6.45) is 1.48. The van der Waals surface area contributed by atoms with E-state index < -0.39 is 5.97 Å². The lowest BCUT2D eigenvalue weighted by Crippen LogP contribution is -2.01. The Hall–Kier alpha value is -2.04. The molecule has 0 heterocycles. The van der Waals surface area contributed by atoms with Crippen molar-refractivity contribution in [2.24, 2.45) is 0 Å². The van der Waals surface area contributed by atoms with E-state index in [9.17, 15) is 9.59 Å². The normalized spacial score (nSPS) is 10.0. The van der Waals surface area contributed by atoms with Gasteiger partial charge in [-0.1, -0.05) is 0 Å². The van der Waals surface area contributed by atoms with Crippen molar-refractivity contribution in [1.29, 1.82) is 0 Å². The Morgan fingerprint density at radius 1 is 1.00 bits per heavy atom. The molecule has 0 spiro atoms. The van der Waals surface area contributed by atoms with Crippen LogP contribution in [0.1, 0.15) is 36.0 Å². The third-order valence-electron chi connectivity index (χ3n) is 2.72. The van der Waals surface area contributed by atoms with E-state index in [4.69, 9.17) is 14.6 Å². The average Bonchev–Trinajstić information content (AvgIpc) is 2.42. The maximum atomic E-state index is 12.0. The second-order valence-corrected chi connectivity index (χ2v) is 4.13. The molecule has 5 heteroatoms. The van der Waals surface area contributed by atoms with E-state index in [1.807, 2.05) is 0 Å². The van der Waals surface area contributed by atoms with E-state index in [1.54, 1.807) is 18.2 Å². The van der Waals surface area contributed by atoms with Gasteiger partial charge in [-0.3, -0.25) is 9.59 Å². The van der Waals surface area contributed by atoms with Crippen LogP contribution >= 0.6 is 0 Å². The third kappa shape index (κ3) is 4.99. The fourth-order valence-electron chi connectivity index (χ4n) is 1.67. The van der Waals surface area contributed by atoms with Crippen LogP contribution in [0, 0.1) is 0 Å². The highest BCUT2D eigenvalue weighted by molar-refractivity contribution is 5.96. The number of hydrogen-bond donors (Lipinski definition) is 1. The van der Waals surface area contributed by atoms with E-state index in [-0.39, 0.29) is 12.2 Å². The summed E-state index contributed by atoms with van der Waals surface area (Å²) >= 11 is 0. The topological polar surface area (TPSA) is 72.8 Å². The van der Waals surface area contributed by atoms with E-state index in [2.05, 4.69) is 0 Å². The fourth-order valence-corrected chi connectivity index (χ4v) is 1.67. The number of carboxylic acid groups (broad SMARTS) is 1. The number of rotatable bonds is 8. The lowest BCUT2D eigenvalue weighted by molar-refractivity contribution is -0.137. The molecule has 104 valence electrons. The molecule has 0 aliphatic heterocycles. The van der Waals surface area contributed by atoms with Gasteiger partial charge in [-0.2, -0.15) is 0 Å². The second-order valence-electron chi connectivity index (χ2n) is 4.13. The number of carboxylic acids is 1. The van der Waals surface area contributed by atoms with Crippen molar-refractivity contribution in [2.75, 3.05) is 14.2 Å². The molecule has 0 saturated heterocycles. The number of unbranched alkanes of at least 4 members (excludes halogenated alkanes) is 1. The summed E-state index contributed by atoms with van der Waals surface area (Å²) in [4.78, 5) is 22.3. The molecule has 0 radical (unpaired) electrons. The number of benzene rings is 1. The number of carbonyl (C=O) groups is 2. The molecule has 19 heavy (non-hydrogen) atoms. The summed E-state index contributed by atoms with van der Waals surface area (Å²) in [6, 6.07) is 5.01. The van der Waals surface area contributed by atoms with Gasteiger partial charge in [0.05, 0.1) is 14.2 Å². The number of methoxy groups -OCH3 is 2. The van der Waals surface area contributed by atoms with Gasteiger partial charge in [0.25, 0.3) is 0 Å². The van der Waals surface area contributed by atoms with Crippen LogP contribution < -0.4 is 9.47 Å². The summed E-state index contributed by atoms with van der Waals surface area (Å²) in [5, 5.41) is 8.51. The zero-order chi connectivity index (χ0) is 14.3. The zero-order valence-corrected chi connectivity index (χ0v) is 11.1. The third-order valence-corrected chi connectivity index (χ3v) is 2.72. The molecule has 0 amide bonds. The molecule has 0 atom stereocenters. The standard InChI is InChI=1S/C14H18O5/c1-18-11-7-10(8-12(9-11)19-2)13(15)5-3-4-6-14(16)17/h7-9H,3-6H2,1-2H3,(H,16,17). The monoisotopic (exact) mass is 266 g/mol. The maximum absolute atomic E-state index is 12.0. The predicted octanol–water partition coefficient (Wildman–Crippen LogP) is 2.53. The number of Topliss-reactive ketones (excluding diaryl/α,β-unsaturated/α-hetero) is 1. The van der Waals surface area contributed by atoms with Crippen LogP contribution in [-0.2, 0) is 4.79 Å². The lowest BCUT2D eigenvalue weighted by Gasteiger charge is -2.07.